The van der Waals surface area contributed by atoms with E-state index in [-0.39, 0.29) is 35.6 Å². The fourth-order valence-corrected chi connectivity index (χ4v) is 6.29. The van der Waals surface area contributed by atoms with E-state index in [4.69, 9.17) is 0 Å². The molecule has 0 heterocycles. The van der Waals surface area contributed by atoms with Crippen LogP contribution in [0.5, 0.6) is 0 Å². The second-order valence-electron chi connectivity index (χ2n) is 10.9. The Balaban J connectivity index is 0.000000430. The highest BCUT2D eigenvalue weighted by atomic mass is 16.1. The van der Waals surface area contributed by atoms with E-state index in [9.17, 15) is 14.4 Å². The molecule has 0 aromatic heterocycles. The summed E-state index contributed by atoms with van der Waals surface area (Å²) in [7, 11) is 0. The summed E-state index contributed by atoms with van der Waals surface area (Å²) in [5.74, 6) is 1.86. The van der Waals surface area contributed by atoms with Gasteiger partial charge in [-0.3, -0.25) is 14.4 Å². The van der Waals surface area contributed by atoms with Gasteiger partial charge in [0.2, 0.25) is 0 Å². The molecule has 0 aliphatic heterocycles. The first-order chi connectivity index (χ1) is 16.3. The fourth-order valence-electron chi connectivity index (χ4n) is 6.29. The van der Waals surface area contributed by atoms with Gasteiger partial charge in [0.25, 0.3) is 0 Å². The molecule has 0 N–H and O–H groups in total. The molecule has 0 bridgehead atoms. The number of rotatable bonds is 10. The summed E-state index contributed by atoms with van der Waals surface area (Å²) >= 11 is 0. The lowest BCUT2D eigenvalue weighted by Gasteiger charge is -2.31. The maximum atomic E-state index is 12.7. The molecule has 0 amide bonds. The van der Waals surface area contributed by atoms with Crippen molar-refractivity contribution in [3.63, 3.8) is 0 Å². The Bertz CT molecular complexity index is 803. The van der Waals surface area contributed by atoms with Crippen molar-refractivity contribution in [1.29, 1.82) is 0 Å². The van der Waals surface area contributed by atoms with Gasteiger partial charge >= 0.3 is 0 Å². The highest BCUT2D eigenvalue weighted by Gasteiger charge is 2.32. The van der Waals surface area contributed by atoms with Crippen molar-refractivity contribution in [3.8, 4) is 0 Å². The standard InChI is InChI=1S/C23H32O3.C8H16/c1-5-8-18(20(6-2)21(25)11-16(4)24)12-17-13-19-10-7-9-15(3)23(19)22(26)14-17;1-2-8-6-4-3-5-7-8/h7,9-10,17-18,20H,5-6,8,11-14H2,1-4H3;8H,2-7H2,1H3. The quantitative estimate of drug-likeness (QED) is 0.326. The van der Waals surface area contributed by atoms with Crippen LogP contribution in [-0.2, 0) is 16.0 Å². The molecular weight excluding hydrogens is 420 g/mol. The maximum absolute atomic E-state index is 12.7. The van der Waals surface area contributed by atoms with Crippen molar-refractivity contribution < 1.29 is 14.4 Å². The lowest BCUT2D eigenvalue weighted by molar-refractivity contribution is -0.129. The number of carbonyl (C=O) groups excluding carboxylic acids is 3. The number of fused-ring (bicyclic) bond motifs is 1. The Morgan fingerprint density at radius 2 is 1.71 bits per heavy atom. The molecule has 3 rings (SSSR count). The number of hydrogen-bond acceptors (Lipinski definition) is 3. The lowest BCUT2D eigenvalue weighted by atomic mass is 9.72. The molecule has 0 saturated heterocycles. The van der Waals surface area contributed by atoms with E-state index in [2.05, 4.69) is 19.9 Å². The summed E-state index contributed by atoms with van der Waals surface area (Å²) in [4.78, 5) is 36.6. The van der Waals surface area contributed by atoms with Gasteiger partial charge in [-0.1, -0.05) is 90.3 Å². The van der Waals surface area contributed by atoms with E-state index < -0.39 is 0 Å². The van der Waals surface area contributed by atoms with Gasteiger partial charge in [0, 0.05) is 17.9 Å². The van der Waals surface area contributed by atoms with Gasteiger partial charge in [-0.25, -0.2) is 0 Å². The molecule has 2 aliphatic carbocycles. The van der Waals surface area contributed by atoms with Gasteiger partial charge in [-0.2, -0.15) is 0 Å². The van der Waals surface area contributed by atoms with Crippen molar-refractivity contribution in [3.05, 3.63) is 34.9 Å². The normalized spacial score (nSPS) is 20.0. The van der Waals surface area contributed by atoms with Crippen molar-refractivity contribution in [2.75, 3.05) is 0 Å². The minimum atomic E-state index is -0.0622. The summed E-state index contributed by atoms with van der Waals surface area (Å²) in [5, 5.41) is 0. The van der Waals surface area contributed by atoms with Gasteiger partial charge in [0.05, 0.1) is 6.42 Å². The minimum absolute atomic E-state index is 0.0460. The molecule has 0 radical (unpaired) electrons. The first kappa shape index (κ1) is 28.5. The van der Waals surface area contributed by atoms with Crippen LogP contribution in [0.1, 0.15) is 126 Å². The van der Waals surface area contributed by atoms with Crippen molar-refractivity contribution in [2.24, 2.45) is 23.7 Å². The molecule has 3 heteroatoms. The zero-order chi connectivity index (χ0) is 25.1. The Labute approximate surface area is 208 Å². The Kier molecular flexibility index (Phi) is 12.2. The molecule has 3 atom stereocenters. The molecule has 1 aromatic carbocycles. The molecule has 190 valence electrons. The van der Waals surface area contributed by atoms with E-state index in [1.807, 2.05) is 26.0 Å². The Morgan fingerprint density at radius 3 is 2.26 bits per heavy atom. The smallest absolute Gasteiger partial charge is 0.163 e. The van der Waals surface area contributed by atoms with Gasteiger partial charge in [-0.05, 0) is 62.0 Å². The largest absolute Gasteiger partial charge is 0.300 e. The fraction of sp³-hybridized carbons (Fsp3) is 0.710. The van der Waals surface area contributed by atoms with Crippen LogP contribution in [0.4, 0.5) is 0 Å². The molecule has 1 saturated carbocycles. The average Bonchev–Trinajstić information content (AvgIpc) is 2.80. The first-order valence-electron chi connectivity index (χ1n) is 13.9. The lowest BCUT2D eigenvalue weighted by Crippen LogP contribution is -2.29. The second-order valence-corrected chi connectivity index (χ2v) is 10.9. The zero-order valence-electron chi connectivity index (χ0n) is 22.5. The number of benzene rings is 1. The van der Waals surface area contributed by atoms with Gasteiger partial charge < -0.3 is 0 Å². The highest BCUT2D eigenvalue weighted by Crippen LogP contribution is 2.36. The van der Waals surface area contributed by atoms with Crippen LogP contribution in [-0.4, -0.2) is 17.3 Å². The number of carbonyl (C=O) groups is 3. The van der Waals surface area contributed by atoms with Crippen LogP contribution in [0.2, 0.25) is 0 Å². The maximum Gasteiger partial charge on any atom is 0.163 e. The Morgan fingerprint density at radius 1 is 1.00 bits per heavy atom. The molecular formula is C31H48O3. The van der Waals surface area contributed by atoms with E-state index in [1.165, 1.54) is 45.4 Å². The van der Waals surface area contributed by atoms with Crippen LogP contribution >= 0.6 is 0 Å². The number of aryl methyl sites for hydroxylation is 1. The van der Waals surface area contributed by atoms with Gasteiger partial charge in [-0.15, -0.1) is 0 Å². The van der Waals surface area contributed by atoms with Crippen molar-refractivity contribution in [1.82, 2.24) is 0 Å². The molecule has 3 nitrogen and oxygen atoms in total. The summed E-state index contributed by atoms with van der Waals surface area (Å²) in [6.07, 6.45) is 14.1. The third kappa shape index (κ3) is 8.47. The van der Waals surface area contributed by atoms with Gasteiger partial charge in [0.1, 0.15) is 11.6 Å². The van der Waals surface area contributed by atoms with Crippen molar-refractivity contribution >= 4 is 17.3 Å². The van der Waals surface area contributed by atoms with E-state index in [0.29, 0.717) is 12.3 Å². The number of Topliss-reactive ketones (excluding diaryl/α,β-unsaturated/α-hetero) is 3. The molecule has 34 heavy (non-hydrogen) atoms. The summed E-state index contributed by atoms with van der Waals surface area (Å²) in [5.41, 5.74) is 3.14. The second kappa shape index (κ2) is 14.6. The first-order valence-corrected chi connectivity index (χ1v) is 13.9. The Hall–Kier alpha value is -1.77. The summed E-state index contributed by atoms with van der Waals surface area (Å²) in [6, 6.07) is 6.10. The zero-order valence-corrected chi connectivity index (χ0v) is 22.5. The van der Waals surface area contributed by atoms with Crippen LogP contribution in [0.3, 0.4) is 0 Å². The summed E-state index contributed by atoms with van der Waals surface area (Å²) in [6.45, 7) is 9.98. The average molecular weight is 469 g/mol. The summed E-state index contributed by atoms with van der Waals surface area (Å²) < 4.78 is 0. The third-order valence-electron chi connectivity index (χ3n) is 8.06. The third-order valence-corrected chi connectivity index (χ3v) is 8.06. The van der Waals surface area contributed by atoms with E-state index >= 15 is 0 Å². The number of hydrogen-bond donors (Lipinski definition) is 0. The molecule has 1 fully saturated rings. The molecule has 1 aromatic rings. The van der Waals surface area contributed by atoms with Gasteiger partial charge in [0.15, 0.2) is 5.78 Å². The topological polar surface area (TPSA) is 51.2 Å². The predicted molar refractivity (Wildman–Crippen MR) is 141 cm³/mol. The highest BCUT2D eigenvalue weighted by molar-refractivity contribution is 6.00. The van der Waals surface area contributed by atoms with Crippen LogP contribution < -0.4 is 0 Å². The SMILES string of the molecule is CCC1CCCCC1.CCCC(CC1CC(=O)c2c(C)cccc2C1)C(CC)C(=O)CC(C)=O. The monoisotopic (exact) mass is 468 g/mol. The molecule has 3 unspecified atom stereocenters. The molecule has 0 spiro atoms. The van der Waals surface area contributed by atoms with E-state index in [0.717, 1.165) is 54.7 Å². The van der Waals surface area contributed by atoms with Crippen molar-refractivity contribution in [2.45, 2.75) is 118 Å². The predicted octanol–water partition coefficient (Wildman–Crippen LogP) is 8.10. The van der Waals surface area contributed by atoms with Crippen LogP contribution in [0, 0.1) is 30.6 Å². The molecule has 2 aliphatic rings. The minimum Gasteiger partial charge on any atom is -0.300 e. The van der Waals surface area contributed by atoms with E-state index in [1.54, 1.807) is 0 Å². The van der Waals surface area contributed by atoms with Crippen LogP contribution in [0.25, 0.3) is 0 Å². The number of ketones is 3. The van der Waals surface area contributed by atoms with Crippen LogP contribution in [0.15, 0.2) is 18.2 Å².